The third-order valence-electron chi connectivity index (χ3n) is 10.4. The zero-order valence-electron chi connectivity index (χ0n) is 28.5. The van der Waals surface area contributed by atoms with E-state index in [4.69, 9.17) is 19.4 Å². The number of rotatable bonds is 5. The Morgan fingerprint density at radius 3 is 1.32 bits per heavy atom. The molecule has 2 aromatic heterocycles. The van der Waals surface area contributed by atoms with E-state index in [-0.39, 0.29) is 0 Å². The van der Waals surface area contributed by atoms with Crippen LogP contribution >= 0.6 is 0 Å². The van der Waals surface area contributed by atoms with Gasteiger partial charge in [-0.1, -0.05) is 146 Å². The molecule has 0 fully saturated rings. The number of furan rings is 1. The molecule has 53 heavy (non-hydrogen) atoms. The number of nitrogens with zero attached hydrogens (tertiary/aromatic N) is 3. The zero-order chi connectivity index (χ0) is 34.9. The summed E-state index contributed by atoms with van der Waals surface area (Å²) < 4.78 is 6.71. The fourth-order valence-electron chi connectivity index (χ4n) is 7.86. The Labute approximate surface area is 305 Å². The summed E-state index contributed by atoms with van der Waals surface area (Å²) in [6.45, 7) is 0. The lowest BCUT2D eigenvalue weighted by atomic mass is 9.90. The van der Waals surface area contributed by atoms with Gasteiger partial charge in [-0.05, 0) is 84.9 Å². The van der Waals surface area contributed by atoms with E-state index in [0.29, 0.717) is 17.5 Å². The highest BCUT2D eigenvalue weighted by Gasteiger charge is 2.20. The molecule has 0 spiro atoms. The topological polar surface area (TPSA) is 51.8 Å². The zero-order valence-corrected chi connectivity index (χ0v) is 28.5. The van der Waals surface area contributed by atoms with Crippen molar-refractivity contribution in [3.63, 3.8) is 0 Å². The van der Waals surface area contributed by atoms with Crippen LogP contribution in [-0.2, 0) is 0 Å². The summed E-state index contributed by atoms with van der Waals surface area (Å²) in [4.78, 5) is 15.0. The van der Waals surface area contributed by atoms with E-state index in [9.17, 15) is 0 Å². The highest BCUT2D eigenvalue weighted by atomic mass is 16.3. The quantitative estimate of drug-likeness (QED) is 0.170. The normalized spacial score (nSPS) is 11.8. The first-order valence-electron chi connectivity index (χ1n) is 17.8. The van der Waals surface area contributed by atoms with E-state index in [0.717, 1.165) is 49.9 Å². The molecule has 4 heteroatoms. The lowest BCUT2D eigenvalue weighted by Crippen LogP contribution is -2.00. The molecule has 0 aliphatic heterocycles. The number of benzene rings is 9. The minimum absolute atomic E-state index is 0.632. The van der Waals surface area contributed by atoms with Crippen LogP contribution in [0.2, 0.25) is 0 Å². The van der Waals surface area contributed by atoms with E-state index in [1.54, 1.807) is 0 Å². The first-order valence-corrected chi connectivity index (χ1v) is 17.8. The molecule has 246 valence electrons. The Kier molecular flexibility index (Phi) is 6.52. The Hall–Kier alpha value is -7.17. The summed E-state index contributed by atoms with van der Waals surface area (Å²) in [5, 5.41) is 9.54. The van der Waals surface area contributed by atoms with Crippen molar-refractivity contribution in [2.45, 2.75) is 0 Å². The molecule has 0 aliphatic carbocycles. The maximum absolute atomic E-state index is 6.71. The van der Waals surface area contributed by atoms with Crippen LogP contribution in [0.3, 0.4) is 0 Å². The molecule has 0 saturated carbocycles. The summed E-state index contributed by atoms with van der Waals surface area (Å²) in [5.74, 6) is 1.92. The second kappa shape index (κ2) is 11.7. The summed E-state index contributed by atoms with van der Waals surface area (Å²) in [7, 11) is 0. The lowest BCUT2D eigenvalue weighted by molar-refractivity contribution is 0.669. The lowest BCUT2D eigenvalue weighted by Gasteiger charge is -2.12. The third-order valence-corrected chi connectivity index (χ3v) is 10.4. The molecular weight excluding hydrogens is 647 g/mol. The van der Waals surface area contributed by atoms with Gasteiger partial charge in [0.2, 0.25) is 0 Å². The van der Waals surface area contributed by atoms with Crippen LogP contribution in [-0.4, -0.2) is 15.0 Å². The molecule has 0 aliphatic rings. The molecule has 0 unspecified atom stereocenters. The molecule has 9 aromatic carbocycles. The van der Waals surface area contributed by atoms with Crippen LogP contribution < -0.4 is 0 Å². The van der Waals surface area contributed by atoms with Crippen LogP contribution in [0.15, 0.2) is 180 Å². The van der Waals surface area contributed by atoms with E-state index in [2.05, 4.69) is 146 Å². The second-order valence-corrected chi connectivity index (χ2v) is 13.6. The fraction of sp³-hybridized carbons (Fsp3) is 0. The van der Waals surface area contributed by atoms with Gasteiger partial charge in [0.05, 0.1) is 0 Å². The number of hydrogen-bond acceptors (Lipinski definition) is 4. The maximum Gasteiger partial charge on any atom is 0.164 e. The van der Waals surface area contributed by atoms with Crippen molar-refractivity contribution in [1.29, 1.82) is 0 Å². The first kappa shape index (κ1) is 29.5. The van der Waals surface area contributed by atoms with E-state index < -0.39 is 0 Å². The Balaban J connectivity index is 1.04. The predicted octanol–water partition coefficient (Wildman–Crippen LogP) is 13.0. The third kappa shape index (κ3) is 4.88. The van der Waals surface area contributed by atoms with Crippen LogP contribution in [0.25, 0.3) is 111 Å². The van der Waals surface area contributed by atoms with Crippen molar-refractivity contribution in [3.8, 4) is 56.4 Å². The smallest absolute Gasteiger partial charge is 0.164 e. The summed E-state index contributed by atoms with van der Waals surface area (Å²) in [6, 6.07) is 61.6. The summed E-state index contributed by atoms with van der Waals surface area (Å²) in [5.41, 5.74) is 9.13. The molecule has 4 nitrogen and oxygen atoms in total. The molecule has 0 radical (unpaired) electrons. The molecule has 0 amide bonds. The second-order valence-electron chi connectivity index (χ2n) is 13.6. The van der Waals surface area contributed by atoms with E-state index >= 15 is 0 Å². The van der Waals surface area contributed by atoms with Crippen molar-refractivity contribution in [1.82, 2.24) is 15.0 Å². The molecule has 0 saturated heterocycles. The number of aromatic nitrogens is 3. The van der Waals surface area contributed by atoms with Crippen molar-refractivity contribution < 1.29 is 4.42 Å². The highest BCUT2D eigenvalue weighted by Crippen LogP contribution is 2.46. The van der Waals surface area contributed by atoms with Crippen LogP contribution in [0, 0.1) is 0 Å². The van der Waals surface area contributed by atoms with Crippen molar-refractivity contribution in [2.24, 2.45) is 0 Å². The van der Waals surface area contributed by atoms with Crippen LogP contribution in [0.4, 0.5) is 0 Å². The van der Waals surface area contributed by atoms with Crippen LogP contribution in [0.1, 0.15) is 0 Å². The first-order chi connectivity index (χ1) is 26.2. The molecule has 11 aromatic rings. The number of hydrogen-bond donors (Lipinski definition) is 0. The minimum atomic E-state index is 0.632. The molecule has 0 N–H and O–H groups in total. The highest BCUT2D eigenvalue weighted by molar-refractivity contribution is 6.34. The van der Waals surface area contributed by atoms with Crippen molar-refractivity contribution in [2.75, 3.05) is 0 Å². The minimum Gasteiger partial charge on any atom is -0.456 e. The SMILES string of the molecule is c1ccc(-c2cc3oc4cc(-c5ccc(-c6nc(-c7ccccc7)nc(-c7ccc8ccccc8c7)n6)cc5)cc5c6ccccc6c(c2)c3c45)cc1. The van der Waals surface area contributed by atoms with Crippen molar-refractivity contribution >= 4 is 54.3 Å². The van der Waals surface area contributed by atoms with Crippen molar-refractivity contribution in [3.05, 3.63) is 176 Å². The largest absolute Gasteiger partial charge is 0.456 e. The van der Waals surface area contributed by atoms with Gasteiger partial charge in [-0.15, -0.1) is 0 Å². The van der Waals surface area contributed by atoms with Gasteiger partial charge in [0.1, 0.15) is 11.2 Å². The number of fused-ring (bicyclic) bond motifs is 4. The van der Waals surface area contributed by atoms with Gasteiger partial charge >= 0.3 is 0 Å². The molecule has 0 atom stereocenters. The summed E-state index contributed by atoms with van der Waals surface area (Å²) in [6.07, 6.45) is 0. The van der Waals surface area contributed by atoms with Gasteiger partial charge in [-0.2, -0.15) is 0 Å². The average molecular weight is 676 g/mol. The summed E-state index contributed by atoms with van der Waals surface area (Å²) >= 11 is 0. The molecule has 11 rings (SSSR count). The monoisotopic (exact) mass is 675 g/mol. The Bertz CT molecular complexity index is 3150. The predicted molar refractivity (Wildman–Crippen MR) is 218 cm³/mol. The van der Waals surface area contributed by atoms with Gasteiger partial charge in [0.25, 0.3) is 0 Å². The molecular formula is C49H29N3O. The Morgan fingerprint density at radius 2 is 0.717 bits per heavy atom. The van der Waals surface area contributed by atoms with Gasteiger partial charge in [0.15, 0.2) is 17.5 Å². The standard InChI is InChI=1S/C49H29N3O/c1-3-11-30(12-4-1)37-26-41-39-17-9-10-18-40(39)42-27-38(29-44-46(42)45(41)43(28-37)53-44)32-19-22-34(23-20-32)48-50-47(33-14-5-2-6-15-33)51-49(52-48)36-24-21-31-13-7-8-16-35(31)25-36/h1-29H. The average Bonchev–Trinajstić information content (AvgIpc) is 3.62. The fourth-order valence-corrected chi connectivity index (χ4v) is 7.86. The van der Waals surface area contributed by atoms with E-state index in [1.807, 2.05) is 30.3 Å². The molecule has 2 heterocycles. The van der Waals surface area contributed by atoms with Gasteiger partial charge in [-0.25, -0.2) is 15.0 Å². The Morgan fingerprint density at radius 1 is 0.283 bits per heavy atom. The maximum atomic E-state index is 6.71. The van der Waals surface area contributed by atoms with E-state index in [1.165, 1.54) is 43.3 Å². The van der Waals surface area contributed by atoms with Gasteiger partial charge in [-0.3, -0.25) is 0 Å². The van der Waals surface area contributed by atoms with Gasteiger partial charge < -0.3 is 4.42 Å². The van der Waals surface area contributed by atoms with Gasteiger partial charge in [0, 0.05) is 27.5 Å². The van der Waals surface area contributed by atoms with Crippen LogP contribution in [0.5, 0.6) is 0 Å². The molecule has 0 bridgehead atoms.